The molecule has 1 aliphatic rings. The molecule has 1 aliphatic heterocycles. The third kappa shape index (κ3) is 3.11. The minimum Gasteiger partial charge on any atom is -0.349 e. The highest BCUT2D eigenvalue weighted by atomic mass is 16.2. The molecule has 0 fully saturated rings. The van der Waals surface area contributed by atoms with Crippen LogP contribution in [-0.4, -0.2) is 34.0 Å². The molecule has 0 saturated heterocycles. The van der Waals surface area contributed by atoms with E-state index in [1.54, 1.807) is 6.92 Å². The molecule has 21 heavy (non-hydrogen) atoms. The second-order valence-corrected chi connectivity index (χ2v) is 6.29. The zero-order chi connectivity index (χ0) is 15.6. The van der Waals surface area contributed by atoms with Crippen molar-refractivity contribution in [3.8, 4) is 6.07 Å². The Labute approximate surface area is 126 Å². The van der Waals surface area contributed by atoms with Crippen LogP contribution in [0.15, 0.2) is 18.3 Å². The van der Waals surface area contributed by atoms with Crippen LogP contribution in [0, 0.1) is 17.2 Å². The maximum atomic E-state index is 12.3. The van der Waals surface area contributed by atoms with E-state index in [0.29, 0.717) is 6.54 Å². The minimum absolute atomic E-state index is 0.0717. The average Bonchev–Trinajstić information content (AvgIpc) is 2.90. The molecule has 1 N–H and O–H groups in total. The lowest BCUT2D eigenvalue weighted by Gasteiger charge is -2.35. The molecule has 2 atom stereocenters. The van der Waals surface area contributed by atoms with E-state index in [9.17, 15) is 10.1 Å². The zero-order valence-electron chi connectivity index (χ0n) is 13.3. The summed E-state index contributed by atoms with van der Waals surface area (Å²) in [6.07, 6.45) is 2.08. The SMILES string of the molecule is CC(C)[C@@](C)(C#N)NC(=O)CN1CCn2cccc2[C@H]1C. The lowest BCUT2D eigenvalue weighted by atomic mass is 9.90. The number of rotatable bonds is 4. The van der Waals surface area contributed by atoms with Crippen molar-refractivity contribution in [1.82, 2.24) is 14.8 Å². The van der Waals surface area contributed by atoms with Crippen LogP contribution in [0.5, 0.6) is 0 Å². The van der Waals surface area contributed by atoms with E-state index in [1.165, 1.54) is 5.69 Å². The number of aromatic nitrogens is 1. The first-order valence-corrected chi connectivity index (χ1v) is 7.48. The molecule has 0 saturated carbocycles. The van der Waals surface area contributed by atoms with Gasteiger partial charge >= 0.3 is 0 Å². The van der Waals surface area contributed by atoms with Crippen molar-refractivity contribution in [1.29, 1.82) is 5.26 Å². The summed E-state index contributed by atoms with van der Waals surface area (Å²) in [5.74, 6) is -0.0120. The lowest BCUT2D eigenvalue weighted by Crippen LogP contribution is -2.52. The predicted octanol–water partition coefficient (Wildman–Crippen LogP) is 1.92. The highest BCUT2D eigenvalue weighted by Crippen LogP contribution is 2.25. The molecule has 2 rings (SSSR count). The number of amides is 1. The lowest BCUT2D eigenvalue weighted by molar-refractivity contribution is -0.124. The summed E-state index contributed by atoms with van der Waals surface area (Å²) in [4.78, 5) is 14.4. The number of nitrogens with one attached hydrogen (secondary N) is 1. The van der Waals surface area contributed by atoms with Crippen molar-refractivity contribution in [3.63, 3.8) is 0 Å². The second kappa shape index (κ2) is 5.90. The molecule has 1 amide bonds. The van der Waals surface area contributed by atoms with Crippen molar-refractivity contribution in [2.45, 2.75) is 45.8 Å². The minimum atomic E-state index is -0.809. The number of fused-ring (bicyclic) bond motifs is 1. The second-order valence-electron chi connectivity index (χ2n) is 6.29. The molecule has 0 aromatic carbocycles. The van der Waals surface area contributed by atoms with Crippen LogP contribution in [0.3, 0.4) is 0 Å². The van der Waals surface area contributed by atoms with E-state index in [2.05, 4.69) is 40.0 Å². The third-order valence-electron chi connectivity index (χ3n) is 4.60. The number of carbonyl (C=O) groups is 1. The van der Waals surface area contributed by atoms with Crippen LogP contribution in [0.25, 0.3) is 0 Å². The molecule has 0 aliphatic carbocycles. The first-order valence-electron chi connectivity index (χ1n) is 7.48. The number of carbonyl (C=O) groups excluding carboxylic acids is 1. The molecule has 1 aromatic rings. The van der Waals surface area contributed by atoms with Crippen molar-refractivity contribution in [2.24, 2.45) is 5.92 Å². The summed E-state index contributed by atoms with van der Waals surface area (Å²) in [5, 5.41) is 12.2. The summed E-state index contributed by atoms with van der Waals surface area (Å²) >= 11 is 0. The Morgan fingerprint density at radius 3 is 2.90 bits per heavy atom. The third-order valence-corrected chi connectivity index (χ3v) is 4.60. The molecule has 0 bridgehead atoms. The Morgan fingerprint density at radius 1 is 1.57 bits per heavy atom. The molecular weight excluding hydrogens is 264 g/mol. The Bertz CT molecular complexity index is 557. The van der Waals surface area contributed by atoms with Gasteiger partial charge in [0.05, 0.1) is 12.6 Å². The van der Waals surface area contributed by atoms with Gasteiger partial charge in [0.25, 0.3) is 0 Å². The fourth-order valence-electron chi connectivity index (χ4n) is 2.66. The Hall–Kier alpha value is -1.80. The fourth-order valence-corrected chi connectivity index (χ4v) is 2.66. The zero-order valence-corrected chi connectivity index (χ0v) is 13.3. The monoisotopic (exact) mass is 288 g/mol. The number of nitriles is 1. The van der Waals surface area contributed by atoms with E-state index in [0.717, 1.165) is 13.1 Å². The van der Waals surface area contributed by atoms with Gasteiger partial charge in [-0.2, -0.15) is 5.26 Å². The first-order chi connectivity index (χ1) is 9.87. The van der Waals surface area contributed by atoms with Gasteiger partial charge in [0.2, 0.25) is 5.91 Å². The van der Waals surface area contributed by atoms with E-state index in [-0.39, 0.29) is 17.9 Å². The van der Waals surface area contributed by atoms with Gasteiger partial charge in [0.15, 0.2) is 0 Å². The summed E-state index contributed by atoms with van der Waals surface area (Å²) in [6.45, 7) is 9.86. The van der Waals surface area contributed by atoms with Gasteiger partial charge in [-0.25, -0.2) is 0 Å². The Kier molecular flexibility index (Phi) is 4.38. The van der Waals surface area contributed by atoms with Gasteiger partial charge in [0.1, 0.15) is 5.54 Å². The molecule has 5 heteroatoms. The Morgan fingerprint density at radius 2 is 2.29 bits per heavy atom. The average molecular weight is 288 g/mol. The number of hydrogen-bond acceptors (Lipinski definition) is 3. The molecule has 0 unspecified atom stereocenters. The molecule has 0 spiro atoms. The quantitative estimate of drug-likeness (QED) is 0.920. The van der Waals surface area contributed by atoms with Gasteiger partial charge in [-0.1, -0.05) is 13.8 Å². The van der Waals surface area contributed by atoms with Crippen LogP contribution in [0.2, 0.25) is 0 Å². The normalized spacial score (nSPS) is 21.4. The van der Waals surface area contributed by atoms with E-state index in [4.69, 9.17) is 0 Å². The Balaban J connectivity index is 2.00. The van der Waals surface area contributed by atoms with Crippen LogP contribution in [0.1, 0.15) is 39.4 Å². The summed E-state index contributed by atoms with van der Waals surface area (Å²) < 4.78 is 2.23. The summed E-state index contributed by atoms with van der Waals surface area (Å²) in [7, 11) is 0. The van der Waals surface area contributed by atoms with Crippen LogP contribution < -0.4 is 5.32 Å². The van der Waals surface area contributed by atoms with Crippen molar-refractivity contribution in [2.75, 3.05) is 13.1 Å². The predicted molar refractivity (Wildman–Crippen MR) is 81.4 cm³/mol. The first kappa shape index (κ1) is 15.6. The van der Waals surface area contributed by atoms with Gasteiger partial charge in [-0.3, -0.25) is 9.69 Å². The van der Waals surface area contributed by atoms with E-state index in [1.807, 2.05) is 19.9 Å². The highest BCUT2D eigenvalue weighted by Gasteiger charge is 2.32. The number of hydrogen-bond donors (Lipinski definition) is 1. The van der Waals surface area contributed by atoms with Crippen LogP contribution >= 0.6 is 0 Å². The molecule has 0 radical (unpaired) electrons. The maximum Gasteiger partial charge on any atom is 0.235 e. The topological polar surface area (TPSA) is 61.1 Å². The molecule has 1 aromatic heterocycles. The van der Waals surface area contributed by atoms with Crippen molar-refractivity contribution >= 4 is 5.91 Å². The molecular formula is C16H24N4O. The van der Waals surface area contributed by atoms with E-state index >= 15 is 0 Å². The highest BCUT2D eigenvalue weighted by molar-refractivity contribution is 5.79. The van der Waals surface area contributed by atoms with Crippen molar-refractivity contribution < 1.29 is 4.79 Å². The maximum absolute atomic E-state index is 12.3. The van der Waals surface area contributed by atoms with Crippen molar-refractivity contribution in [3.05, 3.63) is 24.0 Å². The van der Waals surface area contributed by atoms with Crippen LogP contribution in [-0.2, 0) is 11.3 Å². The fraction of sp³-hybridized carbons (Fsp3) is 0.625. The summed E-state index contributed by atoms with van der Waals surface area (Å²) in [6, 6.07) is 6.57. The molecule has 2 heterocycles. The van der Waals surface area contributed by atoms with Crippen LogP contribution in [0.4, 0.5) is 0 Å². The van der Waals surface area contributed by atoms with Gasteiger partial charge < -0.3 is 9.88 Å². The van der Waals surface area contributed by atoms with Gasteiger partial charge in [-0.15, -0.1) is 0 Å². The van der Waals surface area contributed by atoms with Gasteiger partial charge in [-0.05, 0) is 31.9 Å². The standard InChI is InChI=1S/C16H24N4O/c1-12(2)16(4,11-17)18-15(21)10-20-9-8-19-7-5-6-14(19)13(20)3/h5-7,12-13H,8-10H2,1-4H3,(H,18,21)/t13-,16-/m1/s1. The van der Waals surface area contributed by atoms with E-state index < -0.39 is 5.54 Å². The molecule has 114 valence electrons. The summed E-state index contributed by atoms with van der Waals surface area (Å²) in [5.41, 5.74) is 0.428. The van der Waals surface area contributed by atoms with Gasteiger partial charge in [0, 0.05) is 31.0 Å². The number of nitrogens with zero attached hydrogens (tertiary/aromatic N) is 3. The molecule has 5 nitrogen and oxygen atoms in total. The smallest absolute Gasteiger partial charge is 0.235 e. The largest absolute Gasteiger partial charge is 0.349 e.